The molecule has 5 heteroatoms. The summed E-state index contributed by atoms with van der Waals surface area (Å²) >= 11 is 0. The van der Waals surface area contributed by atoms with Crippen molar-refractivity contribution in [1.82, 2.24) is 4.90 Å². The number of anilines is 1. The molecule has 2 rings (SSSR count). The predicted octanol–water partition coefficient (Wildman–Crippen LogP) is 3.92. The van der Waals surface area contributed by atoms with Crippen LogP contribution in [0.1, 0.15) is 53.4 Å². The minimum atomic E-state index is -0.232. The Morgan fingerprint density at radius 1 is 1.14 bits per heavy atom. The Bertz CT molecular complexity index is 973. The topological polar surface area (TPSA) is 82.2 Å². The molecule has 152 valence electrons. The van der Waals surface area contributed by atoms with Crippen molar-refractivity contribution < 1.29 is 4.79 Å². The number of amides is 1. The van der Waals surface area contributed by atoms with E-state index in [9.17, 15) is 4.79 Å². The number of rotatable bonds is 4. The van der Waals surface area contributed by atoms with Crippen molar-refractivity contribution in [2.24, 2.45) is 5.73 Å². The standard InChI is InChI=1S/C24H30N4O/c1-16-15-21(23(29)28(6)24(3,4)5)17(2)14-19(16)8-7-13-27-20-11-9-18(10-12-20)22(25)26/h9-12,14-15,27H,13H2,1-6H3,(H3,25,26). The lowest BCUT2D eigenvalue weighted by molar-refractivity contribution is 0.0655. The van der Waals surface area contributed by atoms with Crippen LogP contribution in [0.3, 0.4) is 0 Å². The smallest absolute Gasteiger partial charge is 0.254 e. The Labute approximate surface area is 173 Å². The number of nitrogen functional groups attached to an aromatic ring is 1. The molecule has 0 saturated heterocycles. The number of carbonyl (C=O) groups is 1. The van der Waals surface area contributed by atoms with Crippen LogP contribution in [0.4, 0.5) is 5.69 Å². The second kappa shape index (κ2) is 8.83. The molecule has 0 aliphatic carbocycles. The van der Waals surface area contributed by atoms with Crippen LogP contribution in [0, 0.1) is 31.1 Å². The third-order valence-electron chi connectivity index (χ3n) is 4.91. The average molecular weight is 391 g/mol. The lowest BCUT2D eigenvalue weighted by atomic mass is 9.97. The van der Waals surface area contributed by atoms with Crippen molar-refractivity contribution in [3.8, 4) is 11.8 Å². The molecule has 5 nitrogen and oxygen atoms in total. The summed E-state index contributed by atoms with van der Waals surface area (Å²) in [7, 11) is 1.83. The molecule has 0 atom stereocenters. The van der Waals surface area contributed by atoms with Gasteiger partial charge in [0, 0.05) is 35.0 Å². The Hall–Kier alpha value is -3.26. The maximum Gasteiger partial charge on any atom is 0.254 e. The molecule has 0 spiro atoms. The van der Waals surface area contributed by atoms with E-state index in [0.717, 1.165) is 22.4 Å². The summed E-state index contributed by atoms with van der Waals surface area (Å²) in [5.74, 6) is 6.39. The minimum Gasteiger partial charge on any atom is -0.384 e. The molecule has 0 aromatic heterocycles. The third-order valence-corrected chi connectivity index (χ3v) is 4.91. The van der Waals surface area contributed by atoms with Gasteiger partial charge in [-0.25, -0.2) is 0 Å². The summed E-state index contributed by atoms with van der Waals surface area (Å²) in [6.45, 7) is 10.5. The Morgan fingerprint density at radius 2 is 1.76 bits per heavy atom. The van der Waals surface area contributed by atoms with Crippen molar-refractivity contribution in [1.29, 1.82) is 5.41 Å². The molecule has 0 aliphatic heterocycles. The summed E-state index contributed by atoms with van der Waals surface area (Å²) in [5, 5.41) is 10.6. The van der Waals surface area contributed by atoms with E-state index in [-0.39, 0.29) is 17.3 Å². The zero-order valence-electron chi connectivity index (χ0n) is 18.1. The maximum absolute atomic E-state index is 12.8. The van der Waals surface area contributed by atoms with Crippen LogP contribution in [0.15, 0.2) is 36.4 Å². The van der Waals surface area contributed by atoms with Crippen LogP contribution in [0.2, 0.25) is 0 Å². The van der Waals surface area contributed by atoms with Crippen molar-refractivity contribution in [2.45, 2.75) is 40.2 Å². The monoisotopic (exact) mass is 390 g/mol. The number of amidine groups is 1. The molecule has 0 bridgehead atoms. The van der Waals surface area contributed by atoms with Gasteiger partial charge in [0.15, 0.2) is 0 Å². The van der Waals surface area contributed by atoms with Gasteiger partial charge in [-0.1, -0.05) is 11.8 Å². The molecule has 0 unspecified atom stereocenters. The predicted molar refractivity (Wildman–Crippen MR) is 121 cm³/mol. The highest BCUT2D eigenvalue weighted by molar-refractivity contribution is 5.96. The average Bonchev–Trinajstić information content (AvgIpc) is 2.65. The van der Waals surface area contributed by atoms with Gasteiger partial charge in [0.1, 0.15) is 5.84 Å². The molecule has 0 aliphatic rings. The van der Waals surface area contributed by atoms with Gasteiger partial charge in [-0.05, 0) is 82.1 Å². The summed E-state index contributed by atoms with van der Waals surface area (Å²) in [4.78, 5) is 14.6. The zero-order valence-corrected chi connectivity index (χ0v) is 18.1. The largest absolute Gasteiger partial charge is 0.384 e. The molecule has 2 aromatic rings. The number of hydrogen-bond acceptors (Lipinski definition) is 3. The fraction of sp³-hybridized carbons (Fsp3) is 0.333. The number of nitrogens with zero attached hydrogens (tertiary/aromatic N) is 1. The molecule has 0 fully saturated rings. The molecule has 0 heterocycles. The number of carbonyl (C=O) groups excluding carboxylic acids is 1. The summed E-state index contributed by atoms with van der Waals surface area (Å²) in [6, 6.07) is 11.3. The summed E-state index contributed by atoms with van der Waals surface area (Å²) < 4.78 is 0. The Kier molecular flexibility index (Phi) is 6.71. The molecule has 0 saturated carbocycles. The summed E-state index contributed by atoms with van der Waals surface area (Å²) in [5.41, 5.74) is 10.4. The molecule has 0 radical (unpaired) electrons. The van der Waals surface area contributed by atoms with Crippen molar-refractivity contribution >= 4 is 17.4 Å². The number of benzene rings is 2. The normalized spacial score (nSPS) is 10.7. The molecular weight excluding hydrogens is 360 g/mol. The maximum atomic E-state index is 12.8. The highest BCUT2D eigenvalue weighted by Crippen LogP contribution is 2.20. The fourth-order valence-electron chi connectivity index (χ4n) is 2.72. The second-order valence-electron chi connectivity index (χ2n) is 8.16. The number of nitrogens with two attached hydrogens (primary N) is 1. The molecular formula is C24H30N4O. The van der Waals surface area contributed by atoms with Gasteiger partial charge in [-0.2, -0.15) is 0 Å². The number of hydrogen-bond donors (Lipinski definition) is 3. The van der Waals surface area contributed by atoms with E-state index in [1.54, 1.807) is 17.0 Å². The third kappa shape index (κ3) is 5.61. The van der Waals surface area contributed by atoms with E-state index in [2.05, 4.69) is 17.2 Å². The minimum absolute atomic E-state index is 0.0216. The van der Waals surface area contributed by atoms with Crippen molar-refractivity contribution in [3.63, 3.8) is 0 Å². The molecule has 4 N–H and O–H groups in total. The highest BCUT2D eigenvalue weighted by atomic mass is 16.2. The van der Waals surface area contributed by atoms with Gasteiger partial charge in [0.25, 0.3) is 5.91 Å². The van der Waals surface area contributed by atoms with Gasteiger partial charge in [-0.3, -0.25) is 10.2 Å². The first-order chi connectivity index (χ1) is 13.5. The first-order valence-corrected chi connectivity index (χ1v) is 9.57. The van der Waals surface area contributed by atoms with E-state index >= 15 is 0 Å². The van der Waals surface area contributed by atoms with Gasteiger partial charge in [0.2, 0.25) is 0 Å². The van der Waals surface area contributed by atoms with Crippen LogP contribution in [-0.4, -0.2) is 35.8 Å². The van der Waals surface area contributed by atoms with Crippen LogP contribution in [0.25, 0.3) is 0 Å². The number of aryl methyl sites for hydroxylation is 2. The van der Waals surface area contributed by atoms with E-state index in [1.807, 2.05) is 65.9 Å². The van der Waals surface area contributed by atoms with E-state index in [1.165, 1.54) is 0 Å². The second-order valence-corrected chi connectivity index (χ2v) is 8.16. The van der Waals surface area contributed by atoms with Gasteiger partial charge >= 0.3 is 0 Å². The SMILES string of the molecule is Cc1cc(C(=O)N(C)C(C)(C)C)c(C)cc1C#CCNc1ccc(C(=N)N)cc1. The van der Waals surface area contributed by atoms with E-state index < -0.39 is 0 Å². The van der Waals surface area contributed by atoms with E-state index in [0.29, 0.717) is 17.7 Å². The fourth-order valence-corrected chi connectivity index (χ4v) is 2.72. The first kappa shape index (κ1) is 22.0. The molecule has 2 aromatic carbocycles. The van der Waals surface area contributed by atoms with Crippen LogP contribution in [0.5, 0.6) is 0 Å². The van der Waals surface area contributed by atoms with Crippen LogP contribution in [-0.2, 0) is 0 Å². The van der Waals surface area contributed by atoms with E-state index in [4.69, 9.17) is 11.1 Å². The molecule has 1 amide bonds. The van der Waals surface area contributed by atoms with Crippen LogP contribution < -0.4 is 11.1 Å². The van der Waals surface area contributed by atoms with Crippen LogP contribution >= 0.6 is 0 Å². The Balaban J connectivity index is 2.10. The molecule has 29 heavy (non-hydrogen) atoms. The lowest BCUT2D eigenvalue weighted by Gasteiger charge is -2.32. The van der Waals surface area contributed by atoms with Crippen molar-refractivity contribution in [3.05, 3.63) is 64.2 Å². The van der Waals surface area contributed by atoms with Gasteiger partial charge in [0.05, 0.1) is 6.54 Å². The van der Waals surface area contributed by atoms with Gasteiger partial charge < -0.3 is 16.0 Å². The Morgan fingerprint density at radius 3 is 2.31 bits per heavy atom. The first-order valence-electron chi connectivity index (χ1n) is 9.57. The van der Waals surface area contributed by atoms with Gasteiger partial charge in [-0.15, -0.1) is 0 Å². The lowest BCUT2D eigenvalue weighted by Crippen LogP contribution is -2.42. The van der Waals surface area contributed by atoms with Crippen molar-refractivity contribution in [2.75, 3.05) is 18.9 Å². The zero-order chi connectivity index (χ0) is 21.8. The highest BCUT2D eigenvalue weighted by Gasteiger charge is 2.24. The number of nitrogens with one attached hydrogen (secondary N) is 2. The summed E-state index contributed by atoms with van der Waals surface area (Å²) in [6.07, 6.45) is 0. The quantitative estimate of drug-likeness (QED) is 0.420.